The van der Waals surface area contributed by atoms with E-state index in [-0.39, 0.29) is 5.91 Å². The molecular weight excluding hydrogens is 294 g/mol. The highest BCUT2D eigenvalue weighted by Gasteiger charge is 2.17. The zero-order valence-corrected chi connectivity index (χ0v) is 13.2. The van der Waals surface area contributed by atoms with Crippen molar-refractivity contribution in [1.29, 1.82) is 0 Å². The minimum absolute atomic E-state index is 0.299. The molecule has 0 fully saturated rings. The lowest BCUT2D eigenvalue weighted by Gasteiger charge is -2.15. The second kappa shape index (κ2) is 8.15. The van der Waals surface area contributed by atoms with Gasteiger partial charge in [0.25, 0.3) is 5.91 Å². The Kier molecular flexibility index (Phi) is 6.54. The lowest BCUT2D eigenvalue weighted by Crippen LogP contribution is -2.45. The van der Waals surface area contributed by atoms with Crippen molar-refractivity contribution in [2.45, 2.75) is 6.92 Å². The van der Waals surface area contributed by atoms with E-state index in [1.54, 1.807) is 19.2 Å². The van der Waals surface area contributed by atoms with E-state index in [4.69, 9.17) is 26.4 Å². The predicted octanol–water partition coefficient (Wildman–Crippen LogP) is 0.841. The molecule has 116 valence electrons. The van der Waals surface area contributed by atoms with Crippen LogP contribution >= 0.6 is 12.2 Å². The number of nitrogens with one attached hydrogen (secondary N) is 3. The molecule has 0 bridgehead atoms. The minimum Gasteiger partial charge on any atom is -0.493 e. The number of ether oxygens (including phenoxy) is 3. The third-order valence-corrected chi connectivity index (χ3v) is 2.83. The molecule has 8 heteroatoms. The molecule has 0 saturated carbocycles. The van der Waals surface area contributed by atoms with Crippen molar-refractivity contribution in [3.63, 3.8) is 0 Å². The number of carbonyl (C=O) groups is 1. The second-order valence-electron chi connectivity index (χ2n) is 3.80. The van der Waals surface area contributed by atoms with Crippen LogP contribution in [0.15, 0.2) is 12.1 Å². The number of hydrazine groups is 1. The van der Waals surface area contributed by atoms with E-state index >= 15 is 0 Å². The maximum atomic E-state index is 12.1. The highest BCUT2D eigenvalue weighted by Crippen LogP contribution is 2.38. The monoisotopic (exact) mass is 313 g/mol. The number of rotatable bonds is 5. The topological polar surface area (TPSA) is 80.9 Å². The molecule has 0 aromatic heterocycles. The molecule has 0 radical (unpaired) electrons. The molecular formula is C13H19N3O4S. The Morgan fingerprint density at radius 1 is 1.19 bits per heavy atom. The van der Waals surface area contributed by atoms with Crippen LogP contribution in [0, 0.1) is 0 Å². The Labute approximate surface area is 128 Å². The molecule has 3 N–H and O–H groups in total. The van der Waals surface area contributed by atoms with Gasteiger partial charge < -0.3 is 19.5 Å². The molecule has 1 amide bonds. The van der Waals surface area contributed by atoms with Gasteiger partial charge >= 0.3 is 0 Å². The molecule has 0 spiro atoms. The van der Waals surface area contributed by atoms with Crippen molar-refractivity contribution < 1.29 is 19.0 Å². The van der Waals surface area contributed by atoms with Crippen LogP contribution in [0.2, 0.25) is 0 Å². The quantitative estimate of drug-likeness (QED) is 0.549. The Balaban J connectivity index is 3.02. The first kappa shape index (κ1) is 16.8. The summed E-state index contributed by atoms with van der Waals surface area (Å²) in [4.78, 5) is 12.1. The summed E-state index contributed by atoms with van der Waals surface area (Å²) in [5, 5.41) is 2.98. The predicted molar refractivity (Wildman–Crippen MR) is 83.0 cm³/mol. The highest BCUT2D eigenvalue weighted by atomic mass is 32.1. The van der Waals surface area contributed by atoms with Crippen LogP contribution in [0.25, 0.3) is 0 Å². The molecule has 7 nitrogen and oxygen atoms in total. The van der Waals surface area contributed by atoms with Gasteiger partial charge in [0, 0.05) is 12.6 Å². The van der Waals surface area contributed by atoms with E-state index < -0.39 is 0 Å². The first-order valence-electron chi connectivity index (χ1n) is 6.24. The average molecular weight is 313 g/mol. The van der Waals surface area contributed by atoms with Gasteiger partial charge in [-0.1, -0.05) is 0 Å². The lowest BCUT2D eigenvalue weighted by molar-refractivity contribution is 0.0943. The van der Waals surface area contributed by atoms with Crippen molar-refractivity contribution in [3.05, 3.63) is 17.7 Å². The van der Waals surface area contributed by atoms with E-state index in [1.807, 2.05) is 6.92 Å². The number of methoxy groups -OCH3 is 2. The number of benzene rings is 1. The second-order valence-corrected chi connectivity index (χ2v) is 4.21. The molecule has 0 unspecified atom stereocenters. The van der Waals surface area contributed by atoms with Crippen LogP contribution in [-0.2, 0) is 0 Å². The van der Waals surface area contributed by atoms with Gasteiger partial charge in [-0.15, -0.1) is 0 Å². The number of amides is 1. The first-order valence-corrected chi connectivity index (χ1v) is 6.65. The van der Waals surface area contributed by atoms with Crippen LogP contribution in [0.5, 0.6) is 17.2 Å². The van der Waals surface area contributed by atoms with Crippen LogP contribution in [0.3, 0.4) is 0 Å². The van der Waals surface area contributed by atoms with Crippen molar-refractivity contribution in [3.8, 4) is 17.2 Å². The summed E-state index contributed by atoms with van der Waals surface area (Å²) in [6, 6.07) is 3.12. The van der Waals surface area contributed by atoms with Gasteiger partial charge in [0.1, 0.15) is 0 Å². The molecule has 0 aliphatic rings. The Morgan fingerprint density at radius 3 is 2.19 bits per heavy atom. The zero-order chi connectivity index (χ0) is 15.8. The largest absolute Gasteiger partial charge is 0.493 e. The van der Waals surface area contributed by atoms with Crippen LogP contribution in [0.4, 0.5) is 0 Å². The zero-order valence-electron chi connectivity index (χ0n) is 12.4. The summed E-state index contributed by atoms with van der Waals surface area (Å²) in [6.07, 6.45) is 0. The number of hydrogen-bond donors (Lipinski definition) is 3. The van der Waals surface area contributed by atoms with E-state index in [0.717, 1.165) is 0 Å². The minimum atomic E-state index is -0.382. The summed E-state index contributed by atoms with van der Waals surface area (Å²) >= 11 is 4.87. The van der Waals surface area contributed by atoms with Gasteiger partial charge in [0.2, 0.25) is 5.75 Å². The van der Waals surface area contributed by atoms with E-state index in [2.05, 4.69) is 16.2 Å². The summed E-state index contributed by atoms with van der Waals surface area (Å²) in [5.74, 6) is 0.903. The molecule has 1 aromatic carbocycles. The van der Waals surface area contributed by atoms with Gasteiger partial charge in [-0.25, -0.2) is 0 Å². The van der Waals surface area contributed by atoms with E-state index in [0.29, 0.717) is 34.5 Å². The SMILES string of the molecule is CCOc1c(OC)cc(C(=O)NNC(=S)NC)cc1OC. The van der Waals surface area contributed by atoms with Gasteiger partial charge in [0.15, 0.2) is 16.6 Å². The number of carbonyl (C=O) groups excluding carboxylic acids is 1. The molecule has 0 aliphatic heterocycles. The van der Waals surface area contributed by atoms with Crippen molar-refractivity contribution in [1.82, 2.24) is 16.2 Å². The maximum absolute atomic E-state index is 12.1. The molecule has 0 saturated heterocycles. The van der Waals surface area contributed by atoms with Gasteiger partial charge in [-0.05, 0) is 31.3 Å². The maximum Gasteiger partial charge on any atom is 0.269 e. The smallest absolute Gasteiger partial charge is 0.269 e. The fourth-order valence-corrected chi connectivity index (χ4v) is 1.60. The van der Waals surface area contributed by atoms with Gasteiger partial charge in [-0.2, -0.15) is 0 Å². The first-order chi connectivity index (χ1) is 10.1. The van der Waals surface area contributed by atoms with Gasteiger partial charge in [0.05, 0.1) is 20.8 Å². The molecule has 0 aliphatic carbocycles. The van der Waals surface area contributed by atoms with Crippen molar-refractivity contribution in [2.24, 2.45) is 0 Å². The summed E-state index contributed by atoms with van der Waals surface area (Å²) in [6.45, 7) is 2.30. The van der Waals surface area contributed by atoms with E-state index in [1.165, 1.54) is 14.2 Å². The third-order valence-electron chi connectivity index (χ3n) is 2.53. The summed E-state index contributed by atoms with van der Waals surface area (Å²) in [7, 11) is 4.63. The third kappa shape index (κ3) is 4.38. The highest BCUT2D eigenvalue weighted by molar-refractivity contribution is 7.80. The molecule has 1 rings (SSSR count). The Morgan fingerprint density at radius 2 is 1.76 bits per heavy atom. The average Bonchev–Trinajstić information content (AvgIpc) is 2.52. The summed E-state index contributed by atoms with van der Waals surface area (Å²) in [5.41, 5.74) is 5.36. The van der Waals surface area contributed by atoms with Crippen LogP contribution in [0.1, 0.15) is 17.3 Å². The molecule has 0 atom stereocenters. The molecule has 0 heterocycles. The fraction of sp³-hybridized carbons (Fsp3) is 0.385. The number of hydrogen-bond acceptors (Lipinski definition) is 5. The molecule has 1 aromatic rings. The van der Waals surface area contributed by atoms with Gasteiger partial charge in [-0.3, -0.25) is 15.6 Å². The number of thiocarbonyl (C=S) groups is 1. The Bertz CT molecular complexity index is 497. The Hall–Kier alpha value is -2.22. The van der Waals surface area contributed by atoms with Crippen LogP contribution < -0.4 is 30.4 Å². The van der Waals surface area contributed by atoms with E-state index in [9.17, 15) is 4.79 Å². The van der Waals surface area contributed by atoms with Crippen LogP contribution in [-0.4, -0.2) is 38.9 Å². The standard InChI is InChI=1S/C13H19N3O4S/c1-5-20-11-9(18-3)6-8(7-10(11)19-4)12(17)15-16-13(21)14-2/h6-7H,5H2,1-4H3,(H,15,17)(H2,14,16,21). The fourth-order valence-electron chi connectivity index (χ4n) is 1.55. The molecule has 21 heavy (non-hydrogen) atoms. The normalized spacial score (nSPS) is 9.52. The van der Waals surface area contributed by atoms with Crippen molar-refractivity contribution in [2.75, 3.05) is 27.9 Å². The van der Waals surface area contributed by atoms with Crippen molar-refractivity contribution >= 4 is 23.2 Å². The summed E-state index contributed by atoms with van der Waals surface area (Å²) < 4.78 is 15.9. The lowest BCUT2D eigenvalue weighted by atomic mass is 10.1.